The summed E-state index contributed by atoms with van der Waals surface area (Å²) in [6.07, 6.45) is 0. The summed E-state index contributed by atoms with van der Waals surface area (Å²) in [4.78, 5) is 5.02. The van der Waals surface area contributed by atoms with Crippen LogP contribution in [0, 0.1) is 0 Å². The Kier molecular flexibility index (Phi) is 9.15. The number of benzene rings is 11. The minimum atomic E-state index is 0.0133. The van der Waals surface area contributed by atoms with Crippen LogP contribution in [0.1, 0.15) is 0 Å². The van der Waals surface area contributed by atoms with Crippen molar-refractivity contribution in [3.05, 3.63) is 231 Å². The van der Waals surface area contributed by atoms with Crippen LogP contribution < -0.4 is 69.9 Å². The Hall–Kier alpha value is -7.69. The molecule has 0 aliphatic carbocycles. The number of rotatable bonds is 6. The zero-order chi connectivity index (χ0) is 45.9. The first kappa shape index (κ1) is 40.2. The van der Waals surface area contributed by atoms with Crippen LogP contribution in [0.2, 0.25) is 0 Å². The van der Waals surface area contributed by atoms with Gasteiger partial charge in [-0.1, -0.05) is 0 Å². The summed E-state index contributed by atoms with van der Waals surface area (Å²) in [5.41, 5.74) is 15.7. The number of hydrogen-bond donors (Lipinski definition) is 0. The third kappa shape index (κ3) is 6.24. The molecular weight excluding hydrogens is 984 g/mol. The molecule has 0 fully saturated rings. The molecule has 4 heterocycles. The molecule has 0 unspecified atom stereocenters. The Labute approximate surface area is 419 Å². The molecule has 0 N–H and O–H groups in total. The Morgan fingerprint density at radius 3 is 1.16 bits per heavy atom. The number of anilines is 6. The van der Waals surface area contributed by atoms with E-state index in [0.29, 0.717) is 0 Å². The fourth-order valence-corrected chi connectivity index (χ4v) is 17.4. The van der Waals surface area contributed by atoms with Crippen molar-refractivity contribution in [3.8, 4) is 23.0 Å². The van der Waals surface area contributed by atoms with Gasteiger partial charge < -0.3 is 0 Å². The van der Waals surface area contributed by atoms with E-state index in [1.807, 2.05) is 60.7 Å². The maximum absolute atomic E-state index is 6.49. The molecule has 326 valence electrons. The predicted octanol–water partition coefficient (Wildman–Crippen LogP) is 8.11. The van der Waals surface area contributed by atoms with Crippen molar-refractivity contribution in [1.82, 2.24) is 0 Å². The van der Waals surface area contributed by atoms with Gasteiger partial charge in [0, 0.05) is 0 Å². The molecule has 0 saturated carbocycles. The topological polar surface area (TPSA) is 24.9 Å². The number of fused-ring (bicyclic) bond motifs is 12. The van der Waals surface area contributed by atoms with Crippen LogP contribution >= 0.6 is 0 Å². The molecule has 0 bridgehead atoms. The molecule has 8 heteroatoms. The molecule has 4 aliphatic rings. The van der Waals surface area contributed by atoms with Gasteiger partial charge in [0.2, 0.25) is 0 Å². The fraction of sp³-hybridized carbons (Fsp3) is 0. The monoisotopic (exact) mass is 1020 g/mol. The fourth-order valence-electron chi connectivity index (χ4n) is 11.5. The first-order chi connectivity index (χ1) is 34.7. The normalized spacial score (nSPS) is 13.5. The van der Waals surface area contributed by atoms with Crippen LogP contribution in [-0.2, 0) is 0 Å². The zero-order valence-corrected chi connectivity index (χ0v) is 41.0. The van der Waals surface area contributed by atoms with Gasteiger partial charge >= 0.3 is 422 Å². The molecule has 11 aromatic carbocycles. The number of para-hydroxylation sites is 6. The predicted molar refractivity (Wildman–Crippen MR) is 296 cm³/mol. The van der Waals surface area contributed by atoms with Crippen LogP contribution in [0.4, 0.5) is 34.1 Å². The van der Waals surface area contributed by atoms with Crippen LogP contribution in [0.15, 0.2) is 231 Å². The molecule has 0 atom stereocenters. The molecule has 11 aromatic rings. The Morgan fingerprint density at radius 2 is 0.714 bits per heavy atom. The van der Waals surface area contributed by atoms with E-state index in [1.54, 1.807) is 0 Å². The van der Waals surface area contributed by atoms with Crippen molar-refractivity contribution >= 4 is 150 Å². The van der Waals surface area contributed by atoms with E-state index in [1.165, 1.54) is 94.9 Å². The standard InChI is InChI=1S/C62H38B2N2O2Se2/c1-5-17-41(18-6-1)65-53-27-15-13-25-49(53)63-51-37-52-58(38-57(51)69-61-47-31-29-45(67-43-21-9-3-10-22-43)33-39(47)35-55(65)59(61)63)70-62-48-32-30-46(68-44-23-11-4-12-24-44)34-40(48)36-56-60(62)64(52)50-26-14-16-28-54(50)66(56)42-19-7-2-8-20-42/h1-38H. The van der Waals surface area contributed by atoms with Crippen molar-refractivity contribution in [2.75, 3.05) is 9.80 Å². The van der Waals surface area contributed by atoms with Crippen LogP contribution in [0.5, 0.6) is 23.0 Å². The molecule has 0 spiro atoms. The Balaban J connectivity index is 0.959. The minimum absolute atomic E-state index is 0.0133. The second kappa shape index (κ2) is 15.9. The summed E-state index contributed by atoms with van der Waals surface area (Å²) in [5, 5.41) is 5.00. The Morgan fingerprint density at radius 1 is 0.314 bits per heavy atom. The molecule has 4 aliphatic heterocycles. The molecule has 4 nitrogen and oxygen atoms in total. The molecule has 70 heavy (non-hydrogen) atoms. The van der Waals surface area contributed by atoms with Gasteiger partial charge in [-0.15, -0.1) is 0 Å². The van der Waals surface area contributed by atoms with Crippen molar-refractivity contribution in [1.29, 1.82) is 0 Å². The van der Waals surface area contributed by atoms with E-state index in [2.05, 4.69) is 180 Å². The summed E-state index contributed by atoms with van der Waals surface area (Å²) >= 11 is 0.0267. The van der Waals surface area contributed by atoms with Crippen molar-refractivity contribution in [3.63, 3.8) is 0 Å². The van der Waals surface area contributed by atoms with E-state index in [0.717, 1.165) is 34.4 Å². The first-order valence-corrected chi connectivity index (χ1v) is 27.2. The molecule has 0 radical (unpaired) electrons. The average molecular weight is 1020 g/mol. The van der Waals surface area contributed by atoms with Crippen LogP contribution in [0.25, 0.3) is 21.5 Å². The van der Waals surface area contributed by atoms with Gasteiger partial charge in [-0.3, -0.25) is 0 Å². The second-order valence-electron chi connectivity index (χ2n) is 18.3. The van der Waals surface area contributed by atoms with Gasteiger partial charge in [0.05, 0.1) is 0 Å². The Bertz CT molecular complexity index is 3680. The van der Waals surface area contributed by atoms with Gasteiger partial charge in [-0.2, -0.15) is 0 Å². The zero-order valence-electron chi connectivity index (χ0n) is 37.6. The van der Waals surface area contributed by atoms with Crippen LogP contribution in [-0.4, -0.2) is 43.3 Å². The molecule has 0 aromatic heterocycles. The number of hydrogen-bond acceptors (Lipinski definition) is 4. The van der Waals surface area contributed by atoms with Gasteiger partial charge in [0.25, 0.3) is 0 Å². The summed E-state index contributed by atoms with van der Waals surface area (Å²) in [7, 11) is 0. The van der Waals surface area contributed by atoms with Crippen molar-refractivity contribution < 1.29 is 9.47 Å². The van der Waals surface area contributed by atoms with Crippen molar-refractivity contribution in [2.45, 2.75) is 0 Å². The van der Waals surface area contributed by atoms with Crippen LogP contribution in [0.3, 0.4) is 0 Å². The maximum atomic E-state index is 6.49. The van der Waals surface area contributed by atoms with E-state index >= 15 is 0 Å². The van der Waals surface area contributed by atoms with E-state index in [4.69, 9.17) is 9.47 Å². The third-order valence-electron chi connectivity index (χ3n) is 14.4. The summed E-state index contributed by atoms with van der Waals surface area (Å²) < 4.78 is 18.9. The number of nitrogens with zero attached hydrogens (tertiary/aromatic N) is 2. The van der Waals surface area contributed by atoms with E-state index in [9.17, 15) is 0 Å². The number of ether oxygens (including phenoxy) is 2. The van der Waals surface area contributed by atoms with Gasteiger partial charge in [0.15, 0.2) is 0 Å². The van der Waals surface area contributed by atoms with Gasteiger partial charge in [-0.05, 0) is 0 Å². The van der Waals surface area contributed by atoms with Gasteiger partial charge in [0.1, 0.15) is 0 Å². The second-order valence-corrected chi connectivity index (χ2v) is 22.7. The average Bonchev–Trinajstić information content (AvgIpc) is 3.41. The molecule has 15 rings (SSSR count). The summed E-state index contributed by atoms with van der Waals surface area (Å²) in [5.74, 6) is 3.35. The van der Waals surface area contributed by atoms with Crippen molar-refractivity contribution in [2.24, 2.45) is 0 Å². The summed E-state index contributed by atoms with van der Waals surface area (Å²) in [6, 6.07) is 84.0. The molecular formula is C62H38B2N2O2Se2. The third-order valence-corrected chi connectivity index (χ3v) is 19.5. The summed E-state index contributed by atoms with van der Waals surface area (Å²) in [6.45, 7) is 0.129. The molecule has 0 saturated heterocycles. The van der Waals surface area contributed by atoms with Gasteiger partial charge in [-0.25, -0.2) is 0 Å². The quantitative estimate of drug-likeness (QED) is 0.157. The van der Waals surface area contributed by atoms with E-state index < -0.39 is 0 Å². The van der Waals surface area contributed by atoms with E-state index in [-0.39, 0.29) is 43.3 Å². The SMILES string of the molecule is c1ccc(Oc2ccc3c4c5c(cc3c2)N(c2ccccc2)c2ccccc2B5c2cc3c(cc2[Se]4)[Se]c2c4c(cc5cc(Oc6ccccc6)ccc25)N(c2ccccc2)c2ccccc2B34)cc1. The first-order valence-electron chi connectivity index (χ1n) is 23.8. The molecule has 0 amide bonds.